The molecule has 0 aliphatic rings. The van der Waals surface area contributed by atoms with Crippen molar-refractivity contribution in [1.29, 1.82) is 0 Å². The van der Waals surface area contributed by atoms with Crippen molar-refractivity contribution < 1.29 is 9.53 Å². The molecule has 0 radical (unpaired) electrons. The van der Waals surface area contributed by atoms with Gasteiger partial charge in [-0.25, -0.2) is 9.78 Å². The summed E-state index contributed by atoms with van der Waals surface area (Å²) in [5.74, 6) is 5.51. The minimum Gasteiger partial charge on any atom is -0.445 e. The van der Waals surface area contributed by atoms with Crippen LogP contribution in [0, 0.1) is 11.8 Å². The van der Waals surface area contributed by atoms with E-state index in [1.54, 1.807) is 6.07 Å². The van der Waals surface area contributed by atoms with Crippen molar-refractivity contribution in [3.8, 4) is 11.8 Å². The zero-order valence-electron chi connectivity index (χ0n) is 11.5. The van der Waals surface area contributed by atoms with E-state index in [0.717, 1.165) is 5.56 Å². The monoisotopic (exact) mass is 334 g/mol. The summed E-state index contributed by atoms with van der Waals surface area (Å²) in [6.07, 6.45) is 0.955. The Labute approximate surface area is 138 Å². The van der Waals surface area contributed by atoms with E-state index in [9.17, 15) is 4.79 Å². The van der Waals surface area contributed by atoms with Crippen molar-refractivity contribution in [3.05, 3.63) is 63.9 Å². The maximum atomic E-state index is 11.5. The SMILES string of the molecule is O=C(NCC#Cc1c(Cl)ccnc1Cl)OCc1ccccc1. The fraction of sp³-hybridized carbons (Fsp3) is 0.125. The lowest BCUT2D eigenvalue weighted by Crippen LogP contribution is -2.24. The van der Waals surface area contributed by atoms with E-state index in [1.165, 1.54) is 6.20 Å². The van der Waals surface area contributed by atoms with E-state index < -0.39 is 6.09 Å². The highest BCUT2D eigenvalue weighted by Gasteiger charge is 2.03. The van der Waals surface area contributed by atoms with Crippen LogP contribution in [-0.2, 0) is 11.3 Å². The van der Waals surface area contributed by atoms with Crippen LogP contribution < -0.4 is 5.32 Å². The van der Waals surface area contributed by atoms with Crippen LogP contribution in [-0.4, -0.2) is 17.6 Å². The van der Waals surface area contributed by atoms with Gasteiger partial charge >= 0.3 is 6.09 Å². The molecule has 0 fully saturated rings. The zero-order valence-corrected chi connectivity index (χ0v) is 13.0. The number of nitrogens with one attached hydrogen (secondary N) is 1. The average Bonchev–Trinajstić information content (AvgIpc) is 2.53. The molecule has 112 valence electrons. The van der Waals surface area contributed by atoms with Gasteiger partial charge in [0, 0.05) is 6.20 Å². The number of amides is 1. The first-order chi connectivity index (χ1) is 10.7. The minimum atomic E-state index is -0.540. The molecule has 1 aromatic carbocycles. The van der Waals surface area contributed by atoms with Crippen molar-refractivity contribution in [3.63, 3.8) is 0 Å². The molecule has 0 saturated heterocycles. The summed E-state index contributed by atoms with van der Waals surface area (Å²) < 4.78 is 5.05. The number of hydrogen-bond acceptors (Lipinski definition) is 3. The number of ether oxygens (including phenoxy) is 1. The van der Waals surface area contributed by atoms with E-state index in [2.05, 4.69) is 22.1 Å². The number of aromatic nitrogens is 1. The standard InChI is InChI=1S/C16H12Cl2N2O2/c17-14-8-10-19-15(18)13(14)7-4-9-20-16(21)22-11-12-5-2-1-3-6-12/h1-3,5-6,8,10H,9,11H2,(H,20,21). The van der Waals surface area contributed by atoms with Gasteiger partial charge in [0.25, 0.3) is 0 Å². The molecule has 22 heavy (non-hydrogen) atoms. The van der Waals surface area contributed by atoms with Gasteiger partial charge in [-0.2, -0.15) is 0 Å². The second-order valence-corrected chi connectivity index (χ2v) is 4.94. The number of nitrogens with zero attached hydrogens (tertiary/aromatic N) is 1. The van der Waals surface area contributed by atoms with Crippen LogP contribution in [0.3, 0.4) is 0 Å². The Balaban J connectivity index is 1.79. The van der Waals surface area contributed by atoms with Crippen LogP contribution in [0.4, 0.5) is 4.79 Å². The van der Waals surface area contributed by atoms with Crippen LogP contribution >= 0.6 is 23.2 Å². The smallest absolute Gasteiger partial charge is 0.408 e. The highest BCUT2D eigenvalue weighted by Crippen LogP contribution is 2.20. The van der Waals surface area contributed by atoms with Crippen molar-refractivity contribution >= 4 is 29.3 Å². The summed E-state index contributed by atoms with van der Waals surface area (Å²) in [4.78, 5) is 15.4. The van der Waals surface area contributed by atoms with E-state index in [1.807, 2.05) is 30.3 Å². The number of carbonyl (C=O) groups excluding carboxylic acids is 1. The molecule has 2 rings (SSSR count). The first-order valence-electron chi connectivity index (χ1n) is 6.40. The summed E-state index contributed by atoms with van der Waals surface area (Å²) in [5, 5.41) is 3.17. The Morgan fingerprint density at radius 1 is 1.23 bits per heavy atom. The summed E-state index contributed by atoms with van der Waals surface area (Å²) in [7, 11) is 0. The zero-order chi connectivity index (χ0) is 15.8. The molecule has 0 saturated carbocycles. The number of pyridine rings is 1. The maximum Gasteiger partial charge on any atom is 0.408 e. The van der Waals surface area contributed by atoms with Crippen molar-refractivity contribution in [2.24, 2.45) is 0 Å². The summed E-state index contributed by atoms with van der Waals surface area (Å²) in [6, 6.07) is 11.0. The van der Waals surface area contributed by atoms with Crippen molar-refractivity contribution in [1.82, 2.24) is 10.3 Å². The Morgan fingerprint density at radius 2 is 2.00 bits per heavy atom. The number of halogens is 2. The molecule has 4 nitrogen and oxygen atoms in total. The largest absolute Gasteiger partial charge is 0.445 e. The fourth-order valence-electron chi connectivity index (χ4n) is 1.55. The van der Waals surface area contributed by atoms with Gasteiger partial charge in [-0.15, -0.1) is 0 Å². The second kappa shape index (κ2) is 8.28. The second-order valence-electron chi connectivity index (χ2n) is 4.18. The number of alkyl carbamates (subject to hydrolysis) is 1. The Bertz CT molecular complexity index is 689. The number of carbonyl (C=O) groups is 1. The topological polar surface area (TPSA) is 51.2 Å². The van der Waals surface area contributed by atoms with Gasteiger partial charge in [0.2, 0.25) is 0 Å². The highest BCUT2D eigenvalue weighted by atomic mass is 35.5. The highest BCUT2D eigenvalue weighted by molar-refractivity contribution is 6.35. The minimum absolute atomic E-state index is 0.120. The molecule has 0 aliphatic heterocycles. The van der Waals surface area contributed by atoms with E-state index in [-0.39, 0.29) is 18.3 Å². The maximum absolute atomic E-state index is 11.5. The molecule has 1 N–H and O–H groups in total. The van der Waals surface area contributed by atoms with Crippen LogP contribution in [0.15, 0.2) is 42.6 Å². The lowest BCUT2D eigenvalue weighted by Gasteiger charge is -2.04. The molecule has 6 heteroatoms. The predicted molar refractivity (Wildman–Crippen MR) is 85.8 cm³/mol. The van der Waals surface area contributed by atoms with Crippen LogP contribution in [0.2, 0.25) is 10.2 Å². The van der Waals surface area contributed by atoms with Gasteiger partial charge in [0.05, 0.1) is 17.1 Å². The third-order valence-electron chi connectivity index (χ3n) is 2.60. The molecule has 2 aromatic rings. The van der Waals surface area contributed by atoms with E-state index >= 15 is 0 Å². The lowest BCUT2D eigenvalue weighted by molar-refractivity contribution is 0.141. The molecule has 0 atom stereocenters. The first kappa shape index (κ1) is 16.2. The van der Waals surface area contributed by atoms with Gasteiger partial charge < -0.3 is 10.1 Å². The number of hydrogen-bond donors (Lipinski definition) is 1. The summed E-state index contributed by atoms with van der Waals surface area (Å²) in [5.41, 5.74) is 1.35. The first-order valence-corrected chi connectivity index (χ1v) is 7.16. The predicted octanol–water partition coefficient (Wildman–Crippen LogP) is 3.67. The summed E-state index contributed by atoms with van der Waals surface area (Å²) in [6.45, 7) is 0.329. The van der Waals surface area contributed by atoms with Gasteiger partial charge in [-0.3, -0.25) is 0 Å². The number of rotatable bonds is 3. The Hall–Kier alpha value is -2.22. The average molecular weight is 335 g/mol. The van der Waals surface area contributed by atoms with Crippen LogP contribution in [0.1, 0.15) is 11.1 Å². The summed E-state index contributed by atoms with van der Waals surface area (Å²) >= 11 is 11.8. The lowest BCUT2D eigenvalue weighted by atomic mass is 10.2. The third-order valence-corrected chi connectivity index (χ3v) is 3.20. The third kappa shape index (κ3) is 4.96. The molecule has 0 bridgehead atoms. The fourth-order valence-corrected chi connectivity index (χ4v) is 2.00. The number of benzene rings is 1. The molecular formula is C16H12Cl2N2O2. The Morgan fingerprint density at radius 3 is 2.73 bits per heavy atom. The van der Waals surface area contributed by atoms with Gasteiger partial charge in [0.15, 0.2) is 0 Å². The quantitative estimate of drug-likeness (QED) is 0.688. The van der Waals surface area contributed by atoms with Crippen molar-refractivity contribution in [2.45, 2.75) is 6.61 Å². The van der Waals surface area contributed by atoms with Gasteiger partial charge in [-0.1, -0.05) is 65.4 Å². The van der Waals surface area contributed by atoms with Gasteiger partial charge in [0.1, 0.15) is 11.8 Å². The van der Waals surface area contributed by atoms with Crippen molar-refractivity contribution in [2.75, 3.05) is 6.54 Å². The van der Waals surface area contributed by atoms with E-state index in [0.29, 0.717) is 10.6 Å². The molecule has 0 spiro atoms. The Kier molecular flexibility index (Phi) is 6.08. The van der Waals surface area contributed by atoms with Crippen LogP contribution in [0.5, 0.6) is 0 Å². The molecule has 1 heterocycles. The van der Waals surface area contributed by atoms with Crippen LogP contribution in [0.25, 0.3) is 0 Å². The molecule has 1 aromatic heterocycles. The molecule has 1 amide bonds. The van der Waals surface area contributed by atoms with Gasteiger partial charge in [-0.05, 0) is 11.6 Å². The molecular weight excluding hydrogens is 323 g/mol. The molecule has 0 aliphatic carbocycles. The van der Waals surface area contributed by atoms with E-state index in [4.69, 9.17) is 27.9 Å². The molecule has 0 unspecified atom stereocenters. The normalized spacial score (nSPS) is 9.55.